The van der Waals surface area contributed by atoms with Crippen molar-refractivity contribution < 1.29 is 14.7 Å². The molecule has 0 unspecified atom stereocenters. The van der Waals surface area contributed by atoms with Gasteiger partial charge in [0.25, 0.3) is 0 Å². The zero-order valence-corrected chi connectivity index (χ0v) is 4.57. The standard InChI is InChI=1S/C3H3NO.CH3NO2/c4-2-1-3-5;2-1(3)4/h3H,1H2;2H2,(H,3,4). The van der Waals surface area contributed by atoms with Crippen LogP contribution in [0.2, 0.25) is 0 Å². The lowest BCUT2D eigenvalue weighted by Crippen LogP contribution is -2.03. The fraction of sp³-hybridized carbons (Fsp3) is 0.250. The third-order valence-electron chi connectivity index (χ3n) is 0.175. The first kappa shape index (κ1) is 10.4. The summed E-state index contributed by atoms with van der Waals surface area (Å²) in [5.41, 5.74) is 4.03. The van der Waals surface area contributed by atoms with Crippen LogP contribution in [-0.4, -0.2) is 17.5 Å². The second kappa shape index (κ2) is 9.66. The van der Waals surface area contributed by atoms with Crippen molar-refractivity contribution in [3.8, 4) is 6.07 Å². The van der Waals surface area contributed by atoms with Crippen LogP contribution in [-0.2, 0) is 4.79 Å². The number of primary amides is 1. The second-order valence-electron chi connectivity index (χ2n) is 0.867. The molecule has 0 saturated heterocycles. The molecule has 50 valence electrons. The number of nitrogens with zero attached hydrogens (tertiary/aromatic N) is 1. The Morgan fingerprint density at radius 3 is 2.22 bits per heavy atom. The molecule has 0 heterocycles. The molecule has 0 fully saturated rings. The molecule has 3 N–H and O–H groups in total. The Hall–Kier alpha value is -1.57. The first-order valence-corrected chi connectivity index (χ1v) is 1.94. The van der Waals surface area contributed by atoms with Crippen molar-refractivity contribution in [3.05, 3.63) is 0 Å². The van der Waals surface area contributed by atoms with Gasteiger partial charge in [-0.2, -0.15) is 5.26 Å². The van der Waals surface area contributed by atoms with Crippen LogP contribution < -0.4 is 5.73 Å². The monoisotopic (exact) mass is 130 g/mol. The quantitative estimate of drug-likeness (QED) is 0.476. The number of amides is 1. The van der Waals surface area contributed by atoms with E-state index in [1.807, 2.05) is 0 Å². The topological polar surface area (TPSA) is 104 Å². The summed E-state index contributed by atoms with van der Waals surface area (Å²) in [6.45, 7) is 0. The highest BCUT2D eigenvalue weighted by atomic mass is 16.4. The molecule has 0 radical (unpaired) electrons. The highest BCUT2D eigenvalue weighted by Gasteiger charge is 1.65. The largest absolute Gasteiger partial charge is 0.465 e. The molecule has 0 aromatic rings. The van der Waals surface area contributed by atoms with Crippen molar-refractivity contribution in [3.63, 3.8) is 0 Å². The van der Waals surface area contributed by atoms with E-state index >= 15 is 0 Å². The van der Waals surface area contributed by atoms with Crippen LogP contribution in [0, 0.1) is 11.3 Å². The van der Waals surface area contributed by atoms with Crippen molar-refractivity contribution in [1.82, 2.24) is 0 Å². The average molecular weight is 130 g/mol. The number of hydrogen-bond donors (Lipinski definition) is 2. The van der Waals surface area contributed by atoms with Gasteiger partial charge in [-0.15, -0.1) is 0 Å². The molecule has 0 aromatic carbocycles. The summed E-state index contributed by atoms with van der Waals surface area (Å²) in [6, 6.07) is 1.65. The molecule has 0 aliphatic rings. The van der Waals surface area contributed by atoms with Gasteiger partial charge in [-0.3, -0.25) is 0 Å². The smallest absolute Gasteiger partial charge is 0.402 e. The second-order valence-corrected chi connectivity index (χ2v) is 0.867. The van der Waals surface area contributed by atoms with Crippen LogP contribution in [0.5, 0.6) is 0 Å². The maximum absolute atomic E-state index is 9.18. The van der Waals surface area contributed by atoms with Gasteiger partial charge in [-0.1, -0.05) is 0 Å². The molecular weight excluding hydrogens is 124 g/mol. The minimum absolute atomic E-state index is 0.0139. The molecule has 5 heteroatoms. The molecule has 0 atom stereocenters. The zero-order valence-electron chi connectivity index (χ0n) is 4.57. The van der Waals surface area contributed by atoms with Gasteiger partial charge in [0, 0.05) is 0 Å². The van der Waals surface area contributed by atoms with Gasteiger partial charge in [-0.05, 0) is 0 Å². The summed E-state index contributed by atoms with van der Waals surface area (Å²) in [4.78, 5) is 18.0. The van der Waals surface area contributed by atoms with E-state index in [-0.39, 0.29) is 6.42 Å². The van der Waals surface area contributed by atoms with Crippen LogP contribution in [0.1, 0.15) is 6.42 Å². The highest BCUT2D eigenvalue weighted by Crippen LogP contribution is 1.55. The van der Waals surface area contributed by atoms with Gasteiger partial charge in [0.15, 0.2) is 0 Å². The summed E-state index contributed by atoms with van der Waals surface area (Å²) in [6.07, 6.45) is -0.750. The maximum Gasteiger partial charge on any atom is 0.402 e. The van der Waals surface area contributed by atoms with Crippen LogP contribution in [0.4, 0.5) is 4.79 Å². The van der Waals surface area contributed by atoms with Crippen LogP contribution in [0.15, 0.2) is 0 Å². The van der Waals surface area contributed by atoms with E-state index in [1.54, 1.807) is 6.07 Å². The molecule has 0 rings (SSSR count). The normalized spacial score (nSPS) is 5.67. The van der Waals surface area contributed by atoms with Crippen molar-refractivity contribution in [2.45, 2.75) is 6.42 Å². The van der Waals surface area contributed by atoms with E-state index in [0.717, 1.165) is 0 Å². The fourth-order valence-corrected chi connectivity index (χ4v) is 0.0373. The summed E-state index contributed by atoms with van der Waals surface area (Å²) in [7, 11) is 0. The third kappa shape index (κ3) is 682. The van der Waals surface area contributed by atoms with Gasteiger partial charge in [0.05, 0.1) is 12.5 Å². The number of carboxylic acid groups (broad SMARTS) is 1. The van der Waals surface area contributed by atoms with Crippen molar-refractivity contribution >= 4 is 12.4 Å². The van der Waals surface area contributed by atoms with Gasteiger partial charge >= 0.3 is 6.09 Å². The minimum Gasteiger partial charge on any atom is -0.465 e. The van der Waals surface area contributed by atoms with E-state index in [2.05, 4.69) is 5.73 Å². The Bertz CT molecular complexity index is 122. The Labute approximate surface area is 51.7 Å². The van der Waals surface area contributed by atoms with Gasteiger partial charge < -0.3 is 15.6 Å². The number of hydrogen-bond acceptors (Lipinski definition) is 3. The Balaban J connectivity index is 0. The lowest BCUT2D eigenvalue weighted by molar-refractivity contribution is -0.107. The van der Waals surface area contributed by atoms with E-state index < -0.39 is 6.09 Å². The summed E-state index contributed by atoms with van der Waals surface area (Å²) in [5.74, 6) is 0. The number of aldehydes is 1. The number of rotatable bonds is 1. The van der Waals surface area contributed by atoms with E-state index in [1.165, 1.54) is 0 Å². The molecule has 9 heavy (non-hydrogen) atoms. The van der Waals surface area contributed by atoms with Gasteiger partial charge in [-0.25, -0.2) is 4.79 Å². The SMILES string of the molecule is N#CCC=O.NC(=O)O. The maximum atomic E-state index is 9.18. The Morgan fingerprint density at radius 2 is 2.22 bits per heavy atom. The minimum atomic E-state index is -1.33. The first-order chi connectivity index (χ1) is 4.15. The lowest BCUT2D eigenvalue weighted by Gasteiger charge is -1.61. The van der Waals surface area contributed by atoms with Crippen molar-refractivity contribution in [2.24, 2.45) is 5.73 Å². The lowest BCUT2D eigenvalue weighted by atomic mass is 10.5. The molecule has 0 bridgehead atoms. The first-order valence-electron chi connectivity index (χ1n) is 1.94. The molecule has 5 nitrogen and oxygen atoms in total. The molecular formula is C4H6N2O3. The summed E-state index contributed by atoms with van der Waals surface area (Å²) >= 11 is 0. The van der Waals surface area contributed by atoms with Crippen molar-refractivity contribution in [1.29, 1.82) is 5.26 Å². The van der Waals surface area contributed by atoms with Gasteiger partial charge in [0.1, 0.15) is 6.29 Å². The number of nitrogens with two attached hydrogens (primary N) is 1. The highest BCUT2D eigenvalue weighted by molar-refractivity contribution is 5.61. The third-order valence-corrected chi connectivity index (χ3v) is 0.175. The predicted octanol–water partition coefficient (Wildman–Crippen LogP) is -0.278. The predicted molar refractivity (Wildman–Crippen MR) is 28.5 cm³/mol. The molecule has 0 aliphatic heterocycles. The van der Waals surface area contributed by atoms with Crippen LogP contribution >= 0.6 is 0 Å². The van der Waals surface area contributed by atoms with E-state index in [0.29, 0.717) is 6.29 Å². The number of nitriles is 1. The Morgan fingerprint density at radius 1 is 1.89 bits per heavy atom. The summed E-state index contributed by atoms with van der Waals surface area (Å²) < 4.78 is 0. The average Bonchev–Trinajstić information content (AvgIpc) is 1.66. The van der Waals surface area contributed by atoms with E-state index in [4.69, 9.17) is 15.2 Å². The number of carbonyl (C=O) groups is 2. The molecule has 0 aliphatic carbocycles. The molecule has 0 saturated carbocycles. The number of carbonyl (C=O) groups excluding carboxylic acids is 1. The molecule has 1 amide bonds. The summed E-state index contributed by atoms with van der Waals surface area (Å²) in [5, 5.41) is 14.8. The van der Waals surface area contributed by atoms with Crippen LogP contribution in [0.25, 0.3) is 0 Å². The Kier molecular flexibility index (Phi) is 11.2. The van der Waals surface area contributed by atoms with E-state index in [9.17, 15) is 4.79 Å². The zero-order chi connectivity index (χ0) is 7.70. The van der Waals surface area contributed by atoms with Gasteiger partial charge in [0.2, 0.25) is 0 Å². The molecule has 0 spiro atoms. The fourth-order valence-electron chi connectivity index (χ4n) is 0.0373. The molecule has 0 aromatic heterocycles. The van der Waals surface area contributed by atoms with Crippen molar-refractivity contribution in [2.75, 3.05) is 0 Å². The van der Waals surface area contributed by atoms with Crippen LogP contribution in [0.3, 0.4) is 0 Å².